The molecule has 120 valence electrons. The van der Waals surface area contributed by atoms with Crippen molar-refractivity contribution in [2.45, 2.75) is 12.8 Å². The van der Waals surface area contributed by atoms with Gasteiger partial charge in [0.15, 0.2) is 0 Å². The molecule has 0 fully saturated rings. The highest BCUT2D eigenvalue weighted by Crippen LogP contribution is 2.22. The molecule has 2 heterocycles. The minimum absolute atomic E-state index is 0.151. The van der Waals surface area contributed by atoms with Crippen LogP contribution in [-0.4, -0.2) is 24.0 Å². The first-order valence-electron chi connectivity index (χ1n) is 7.91. The Labute approximate surface area is 141 Å². The van der Waals surface area contributed by atoms with E-state index in [9.17, 15) is 4.79 Å². The summed E-state index contributed by atoms with van der Waals surface area (Å²) in [7, 11) is 0. The highest BCUT2D eigenvalue weighted by molar-refractivity contribution is 5.94. The second-order valence-electron chi connectivity index (χ2n) is 5.58. The van der Waals surface area contributed by atoms with Gasteiger partial charge in [-0.2, -0.15) is 5.26 Å². The predicted octanol–water partition coefficient (Wildman–Crippen LogP) is 2.51. The zero-order chi connectivity index (χ0) is 16.8. The number of nitrogens with one attached hydrogen (secondary N) is 2. The number of nitrogens with zero attached hydrogens (tertiary/aromatic N) is 2. The Morgan fingerprint density at radius 2 is 2.17 bits per heavy atom. The molecule has 0 atom stereocenters. The second kappa shape index (κ2) is 7.53. The third-order valence-corrected chi connectivity index (χ3v) is 3.93. The maximum absolute atomic E-state index is 12.4. The summed E-state index contributed by atoms with van der Waals surface area (Å²) in [6, 6.07) is 12.9. The molecular formula is C19H18N4O. The molecule has 5 heteroatoms. The maximum Gasteiger partial charge on any atom is 0.228 e. The summed E-state index contributed by atoms with van der Waals surface area (Å²) in [4.78, 5) is 16.9. The smallest absolute Gasteiger partial charge is 0.228 e. The first kappa shape index (κ1) is 15.9. The van der Waals surface area contributed by atoms with E-state index in [4.69, 9.17) is 5.26 Å². The number of hydrogen-bond acceptors (Lipinski definition) is 4. The summed E-state index contributed by atoms with van der Waals surface area (Å²) in [5, 5.41) is 15.2. The van der Waals surface area contributed by atoms with Crippen molar-refractivity contribution in [3.05, 3.63) is 65.5 Å². The first-order chi connectivity index (χ1) is 11.8. The monoisotopic (exact) mass is 318 g/mol. The fraction of sp³-hybridized carbons (Fsp3) is 0.211. The molecule has 0 unspecified atom stereocenters. The quantitative estimate of drug-likeness (QED) is 0.908. The van der Waals surface area contributed by atoms with E-state index in [0.717, 1.165) is 30.8 Å². The first-order valence-corrected chi connectivity index (χ1v) is 7.91. The van der Waals surface area contributed by atoms with E-state index in [-0.39, 0.29) is 12.3 Å². The number of rotatable bonds is 4. The van der Waals surface area contributed by atoms with Gasteiger partial charge in [-0.15, -0.1) is 0 Å². The molecule has 1 aromatic carbocycles. The van der Waals surface area contributed by atoms with E-state index in [0.29, 0.717) is 11.3 Å². The standard InChI is InChI=1S/C19H18N4O/c20-13-16-4-1-2-6-17(16)23-18(24)12-15-5-3-9-22-19(15)14-7-10-21-11-8-14/h1-7,9,21H,8,10-12H2,(H,23,24). The van der Waals surface area contributed by atoms with Crippen molar-refractivity contribution in [3.8, 4) is 6.07 Å². The average molecular weight is 318 g/mol. The Hall–Kier alpha value is -2.97. The lowest BCUT2D eigenvalue weighted by molar-refractivity contribution is -0.115. The summed E-state index contributed by atoms with van der Waals surface area (Å²) in [5.74, 6) is -0.151. The van der Waals surface area contributed by atoms with Gasteiger partial charge in [-0.3, -0.25) is 9.78 Å². The zero-order valence-electron chi connectivity index (χ0n) is 13.2. The van der Waals surface area contributed by atoms with Crippen LogP contribution in [0, 0.1) is 11.3 Å². The fourth-order valence-electron chi connectivity index (χ4n) is 2.77. The molecule has 2 N–H and O–H groups in total. The van der Waals surface area contributed by atoms with Gasteiger partial charge in [0.1, 0.15) is 6.07 Å². The molecular weight excluding hydrogens is 300 g/mol. The van der Waals surface area contributed by atoms with Gasteiger partial charge in [0, 0.05) is 12.7 Å². The lowest BCUT2D eigenvalue weighted by Crippen LogP contribution is -2.21. The van der Waals surface area contributed by atoms with E-state index in [1.54, 1.807) is 30.5 Å². The number of nitriles is 1. The van der Waals surface area contributed by atoms with E-state index >= 15 is 0 Å². The van der Waals surface area contributed by atoms with Crippen molar-refractivity contribution >= 4 is 17.2 Å². The van der Waals surface area contributed by atoms with Crippen LogP contribution in [0.15, 0.2) is 48.7 Å². The molecule has 0 spiro atoms. The van der Waals surface area contributed by atoms with E-state index in [1.807, 2.05) is 12.1 Å². The van der Waals surface area contributed by atoms with Gasteiger partial charge in [0.25, 0.3) is 0 Å². The van der Waals surface area contributed by atoms with Crippen LogP contribution in [0.1, 0.15) is 23.2 Å². The summed E-state index contributed by atoms with van der Waals surface area (Å²) in [6.07, 6.45) is 5.01. The Morgan fingerprint density at radius 3 is 2.96 bits per heavy atom. The van der Waals surface area contributed by atoms with Crippen LogP contribution in [0.2, 0.25) is 0 Å². The van der Waals surface area contributed by atoms with Crippen LogP contribution >= 0.6 is 0 Å². The molecule has 0 saturated heterocycles. The molecule has 0 radical (unpaired) electrons. The normalized spacial score (nSPS) is 13.7. The molecule has 3 rings (SSSR count). The van der Waals surface area contributed by atoms with Crippen molar-refractivity contribution in [3.63, 3.8) is 0 Å². The highest BCUT2D eigenvalue weighted by atomic mass is 16.1. The van der Waals surface area contributed by atoms with Gasteiger partial charge in [-0.1, -0.05) is 24.3 Å². The summed E-state index contributed by atoms with van der Waals surface area (Å²) in [5.41, 5.74) is 3.96. The van der Waals surface area contributed by atoms with Crippen molar-refractivity contribution < 1.29 is 4.79 Å². The fourth-order valence-corrected chi connectivity index (χ4v) is 2.77. The van der Waals surface area contributed by atoms with Gasteiger partial charge in [-0.05, 0) is 42.3 Å². The number of para-hydroxylation sites is 1. The van der Waals surface area contributed by atoms with Crippen molar-refractivity contribution in [1.82, 2.24) is 10.3 Å². The highest BCUT2D eigenvalue weighted by Gasteiger charge is 2.14. The van der Waals surface area contributed by atoms with Crippen molar-refractivity contribution in [2.75, 3.05) is 18.4 Å². The molecule has 2 aromatic rings. The molecule has 24 heavy (non-hydrogen) atoms. The van der Waals surface area contributed by atoms with Gasteiger partial charge < -0.3 is 10.6 Å². The Morgan fingerprint density at radius 1 is 1.29 bits per heavy atom. The molecule has 1 aliphatic heterocycles. The number of hydrogen-bond donors (Lipinski definition) is 2. The van der Waals surface area contributed by atoms with Crippen LogP contribution in [0.25, 0.3) is 5.57 Å². The van der Waals surface area contributed by atoms with Crippen LogP contribution in [-0.2, 0) is 11.2 Å². The molecule has 1 aliphatic rings. The van der Waals surface area contributed by atoms with Crippen LogP contribution in [0.4, 0.5) is 5.69 Å². The molecule has 1 aromatic heterocycles. The molecule has 5 nitrogen and oxygen atoms in total. The molecule has 0 aliphatic carbocycles. The van der Waals surface area contributed by atoms with Gasteiger partial charge in [0.2, 0.25) is 5.91 Å². The van der Waals surface area contributed by atoms with Crippen molar-refractivity contribution in [2.24, 2.45) is 0 Å². The third kappa shape index (κ3) is 3.67. The Bertz CT molecular complexity index is 820. The number of anilines is 1. The summed E-state index contributed by atoms with van der Waals surface area (Å²) >= 11 is 0. The minimum Gasteiger partial charge on any atom is -0.325 e. The van der Waals surface area contributed by atoms with Crippen LogP contribution in [0.5, 0.6) is 0 Å². The lowest BCUT2D eigenvalue weighted by atomic mass is 9.99. The zero-order valence-corrected chi connectivity index (χ0v) is 13.2. The second-order valence-corrected chi connectivity index (χ2v) is 5.58. The van der Waals surface area contributed by atoms with Crippen LogP contribution < -0.4 is 10.6 Å². The third-order valence-electron chi connectivity index (χ3n) is 3.93. The average Bonchev–Trinajstić information content (AvgIpc) is 2.63. The Kier molecular flexibility index (Phi) is 4.99. The minimum atomic E-state index is -0.151. The number of carbonyl (C=O) groups is 1. The number of amides is 1. The number of pyridine rings is 1. The topological polar surface area (TPSA) is 77.8 Å². The van der Waals surface area contributed by atoms with E-state index < -0.39 is 0 Å². The van der Waals surface area contributed by atoms with Crippen LogP contribution in [0.3, 0.4) is 0 Å². The predicted molar refractivity (Wildman–Crippen MR) is 93.2 cm³/mol. The summed E-state index contributed by atoms with van der Waals surface area (Å²) < 4.78 is 0. The summed E-state index contributed by atoms with van der Waals surface area (Å²) in [6.45, 7) is 1.75. The molecule has 0 saturated carbocycles. The van der Waals surface area contributed by atoms with Crippen molar-refractivity contribution in [1.29, 1.82) is 5.26 Å². The van der Waals surface area contributed by atoms with Gasteiger partial charge in [-0.25, -0.2) is 0 Å². The SMILES string of the molecule is N#Cc1ccccc1NC(=O)Cc1cccnc1C1=CCNCC1. The maximum atomic E-state index is 12.4. The van der Waals surface area contributed by atoms with Gasteiger partial charge >= 0.3 is 0 Å². The van der Waals surface area contributed by atoms with Gasteiger partial charge in [0.05, 0.1) is 23.4 Å². The largest absolute Gasteiger partial charge is 0.325 e. The Balaban J connectivity index is 1.78. The van der Waals surface area contributed by atoms with E-state index in [1.165, 1.54) is 5.57 Å². The lowest BCUT2D eigenvalue weighted by Gasteiger charge is -2.16. The molecule has 0 bridgehead atoms. The molecule has 1 amide bonds. The number of aromatic nitrogens is 1. The van der Waals surface area contributed by atoms with E-state index in [2.05, 4.69) is 27.8 Å². The number of benzene rings is 1. The number of carbonyl (C=O) groups excluding carboxylic acids is 1.